The Balaban J connectivity index is 1.34. The number of halogens is 4. The van der Waals surface area contributed by atoms with Gasteiger partial charge in [0, 0.05) is 29.5 Å². The van der Waals surface area contributed by atoms with Crippen molar-refractivity contribution in [1.82, 2.24) is 15.2 Å². The number of carbonyl (C=O) groups is 2. The summed E-state index contributed by atoms with van der Waals surface area (Å²) in [5.41, 5.74) is 2.05. The van der Waals surface area contributed by atoms with E-state index in [0.717, 1.165) is 4.90 Å². The number of nitrogens with zero attached hydrogens (tertiary/aromatic N) is 3. The summed E-state index contributed by atoms with van der Waals surface area (Å²) in [7, 11) is 0. The van der Waals surface area contributed by atoms with Gasteiger partial charge in [-0.25, -0.2) is 17.6 Å². The topological polar surface area (TPSA) is 86.1 Å². The second-order valence-corrected chi connectivity index (χ2v) is 9.47. The summed E-state index contributed by atoms with van der Waals surface area (Å²) < 4.78 is 56.1. The van der Waals surface area contributed by atoms with Gasteiger partial charge in [0.2, 0.25) is 5.91 Å². The first-order chi connectivity index (χ1) is 17.6. The maximum Gasteiger partial charge on any atom is 0.276 e. The lowest BCUT2D eigenvalue weighted by molar-refractivity contribution is -0.131. The fraction of sp³-hybridized carbons (Fsp3) is 0.333. The largest absolute Gasteiger partial charge is 0.343 e. The van der Waals surface area contributed by atoms with Crippen molar-refractivity contribution < 1.29 is 27.2 Å². The van der Waals surface area contributed by atoms with Gasteiger partial charge in [0.15, 0.2) is 0 Å². The van der Waals surface area contributed by atoms with Gasteiger partial charge in [-0.1, -0.05) is 30.3 Å². The molecule has 0 bridgehead atoms. The highest BCUT2D eigenvalue weighted by Gasteiger charge is 2.48. The van der Waals surface area contributed by atoms with Crippen LogP contribution >= 0.6 is 0 Å². The first-order valence-electron chi connectivity index (χ1n) is 11.8. The van der Waals surface area contributed by atoms with Crippen molar-refractivity contribution in [2.24, 2.45) is 5.92 Å². The van der Waals surface area contributed by atoms with Gasteiger partial charge in [0.05, 0.1) is 30.2 Å². The molecule has 2 fully saturated rings. The number of nitrogens with one attached hydrogen (secondary N) is 1. The molecule has 37 heavy (non-hydrogen) atoms. The minimum atomic E-state index is -3.15. The highest BCUT2D eigenvalue weighted by molar-refractivity contribution is 6.07. The van der Waals surface area contributed by atoms with E-state index in [-0.39, 0.29) is 11.1 Å². The molecule has 0 spiro atoms. The number of aromatic nitrogens is 1. The zero-order chi connectivity index (χ0) is 26.4. The fourth-order valence-electron chi connectivity index (χ4n) is 4.64. The quantitative estimate of drug-likeness (QED) is 0.479. The molecule has 1 saturated carbocycles. The molecule has 3 aromatic rings. The summed E-state index contributed by atoms with van der Waals surface area (Å²) in [6.07, 6.45) is 1.74. The molecule has 1 aliphatic carbocycles. The van der Waals surface area contributed by atoms with Crippen molar-refractivity contribution in [3.63, 3.8) is 0 Å². The smallest absolute Gasteiger partial charge is 0.276 e. The van der Waals surface area contributed by atoms with Crippen LogP contribution in [-0.2, 0) is 10.7 Å². The molecule has 2 amide bonds. The number of nitriles is 1. The number of amides is 2. The summed E-state index contributed by atoms with van der Waals surface area (Å²) in [6, 6.07) is 13.1. The lowest BCUT2D eigenvalue weighted by atomic mass is 9.97. The molecule has 2 aliphatic rings. The van der Waals surface area contributed by atoms with Crippen LogP contribution in [0, 0.1) is 17.2 Å². The van der Waals surface area contributed by atoms with Crippen molar-refractivity contribution in [2.75, 3.05) is 13.1 Å². The van der Waals surface area contributed by atoms with E-state index in [2.05, 4.69) is 10.3 Å². The monoisotopic (exact) mass is 510 g/mol. The van der Waals surface area contributed by atoms with Gasteiger partial charge >= 0.3 is 0 Å². The molecule has 5 rings (SSSR count). The van der Waals surface area contributed by atoms with Gasteiger partial charge in [0.25, 0.3) is 17.8 Å². The normalized spacial score (nSPS) is 19.0. The molecule has 2 heterocycles. The summed E-state index contributed by atoms with van der Waals surface area (Å²) >= 11 is 0. The van der Waals surface area contributed by atoms with Crippen LogP contribution in [0.3, 0.4) is 0 Å². The highest BCUT2D eigenvalue weighted by Crippen LogP contribution is 2.49. The molecule has 1 saturated heterocycles. The first kappa shape index (κ1) is 24.7. The second kappa shape index (κ2) is 9.14. The average Bonchev–Trinajstić information content (AvgIpc) is 3.70. The third-order valence-electron chi connectivity index (χ3n) is 6.82. The zero-order valence-corrected chi connectivity index (χ0v) is 19.6. The molecule has 190 valence electrons. The predicted octanol–water partition coefficient (Wildman–Crippen LogP) is 4.89. The average molecular weight is 510 g/mol. The Bertz CT molecular complexity index is 1410. The molecule has 1 atom stereocenters. The molecule has 0 radical (unpaired) electrons. The fourth-order valence-corrected chi connectivity index (χ4v) is 4.64. The van der Waals surface area contributed by atoms with Crippen LogP contribution in [0.2, 0.25) is 0 Å². The van der Waals surface area contributed by atoms with Gasteiger partial charge in [-0.2, -0.15) is 5.26 Å². The molecular weight excluding hydrogens is 488 g/mol. The third kappa shape index (κ3) is 4.86. The minimum absolute atomic E-state index is 0.0275. The predicted molar refractivity (Wildman–Crippen MR) is 127 cm³/mol. The first-order valence-corrected chi connectivity index (χ1v) is 11.8. The minimum Gasteiger partial charge on any atom is -0.343 e. The lowest BCUT2D eigenvalue weighted by Crippen LogP contribution is -2.43. The van der Waals surface area contributed by atoms with Crippen molar-refractivity contribution >= 4 is 22.7 Å². The Hall–Kier alpha value is -4.00. The SMILES string of the molecule is N#C[C@@H]1CC(F)(F)CN1C(=O)CNC(=O)c1ccnc2ccc(-c3ccc(C(F)(F)C4CC4)cc3)cc12. The Labute approximate surface area is 209 Å². The van der Waals surface area contributed by atoms with E-state index in [9.17, 15) is 27.2 Å². The summed E-state index contributed by atoms with van der Waals surface area (Å²) in [4.78, 5) is 30.4. The van der Waals surface area contributed by atoms with Crippen LogP contribution in [-0.4, -0.2) is 46.8 Å². The van der Waals surface area contributed by atoms with E-state index in [1.165, 1.54) is 24.4 Å². The van der Waals surface area contributed by atoms with Crippen LogP contribution in [0.1, 0.15) is 35.2 Å². The van der Waals surface area contributed by atoms with Crippen LogP contribution in [0.4, 0.5) is 17.6 Å². The molecule has 10 heteroatoms. The van der Waals surface area contributed by atoms with Crippen molar-refractivity contribution in [2.45, 2.75) is 37.1 Å². The molecule has 1 aliphatic heterocycles. The Morgan fingerprint density at radius 2 is 1.81 bits per heavy atom. The number of benzene rings is 2. The van der Waals surface area contributed by atoms with E-state index in [4.69, 9.17) is 5.26 Å². The Morgan fingerprint density at radius 3 is 2.49 bits per heavy atom. The van der Waals surface area contributed by atoms with Gasteiger partial charge in [-0.15, -0.1) is 0 Å². The molecular formula is C27H22F4N4O2. The number of hydrogen-bond donors (Lipinski definition) is 1. The third-order valence-corrected chi connectivity index (χ3v) is 6.82. The molecule has 1 aromatic heterocycles. The van der Waals surface area contributed by atoms with Crippen molar-refractivity contribution in [1.29, 1.82) is 5.26 Å². The number of carbonyl (C=O) groups excluding carboxylic acids is 2. The second-order valence-electron chi connectivity index (χ2n) is 9.47. The maximum atomic E-state index is 14.4. The summed E-state index contributed by atoms with van der Waals surface area (Å²) in [5.74, 6) is -8.00. The standard InChI is InChI=1S/C27H22F4N4O2/c28-26(29)12-20(13-32)35(15-26)24(36)14-34-25(37)21-9-10-33-23-8-3-17(11-22(21)23)16-1-4-18(5-2-16)27(30,31)19-6-7-19/h1-5,8-11,19-20H,6-7,12,14-15H2,(H,34,37)/t20-/m0/s1. The van der Waals surface area contributed by atoms with E-state index in [0.29, 0.717) is 34.9 Å². The lowest BCUT2D eigenvalue weighted by Gasteiger charge is -2.19. The number of pyridine rings is 1. The molecule has 1 N–H and O–H groups in total. The van der Waals surface area contributed by atoms with Crippen LogP contribution < -0.4 is 5.32 Å². The van der Waals surface area contributed by atoms with Crippen LogP contribution in [0.25, 0.3) is 22.0 Å². The van der Waals surface area contributed by atoms with Crippen molar-refractivity contribution in [3.05, 3.63) is 65.9 Å². The van der Waals surface area contributed by atoms with E-state index in [1.807, 2.05) is 0 Å². The van der Waals surface area contributed by atoms with Crippen molar-refractivity contribution in [3.8, 4) is 17.2 Å². The van der Waals surface area contributed by atoms with E-state index >= 15 is 0 Å². The summed E-state index contributed by atoms with van der Waals surface area (Å²) in [5, 5.41) is 12.0. The van der Waals surface area contributed by atoms with Gasteiger partial charge in [0.1, 0.15) is 6.04 Å². The van der Waals surface area contributed by atoms with Gasteiger partial charge in [-0.05, 0) is 42.2 Å². The Morgan fingerprint density at radius 1 is 1.11 bits per heavy atom. The Kier molecular flexibility index (Phi) is 6.10. The van der Waals surface area contributed by atoms with E-state index < -0.39 is 55.1 Å². The number of rotatable bonds is 6. The van der Waals surface area contributed by atoms with Crippen LogP contribution in [0.15, 0.2) is 54.7 Å². The molecule has 6 nitrogen and oxygen atoms in total. The van der Waals surface area contributed by atoms with Gasteiger partial charge in [-0.3, -0.25) is 14.6 Å². The molecule has 0 unspecified atom stereocenters. The zero-order valence-electron chi connectivity index (χ0n) is 19.6. The molecule has 2 aromatic carbocycles. The highest BCUT2D eigenvalue weighted by atomic mass is 19.3. The van der Waals surface area contributed by atoms with Crippen LogP contribution in [0.5, 0.6) is 0 Å². The summed E-state index contributed by atoms with van der Waals surface area (Å²) in [6.45, 7) is -1.42. The van der Waals surface area contributed by atoms with E-state index in [1.54, 1.807) is 36.4 Å². The number of fused-ring (bicyclic) bond motifs is 1. The number of alkyl halides is 4. The maximum absolute atomic E-state index is 14.4. The number of hydrogen-bond acceptors (Lipinski definition) is 4. The number of likely N-dealkylation sites (tertiary alicyclic amines) is 1. The van der Waals surface area contributed by atoms with Gasteiger partial charge < -0.3 is 10.2 Å².